The molecule has 0 saturated heterocycles. The van der Waals surface area contributed by atoms with Crippen molar-refractivity contribution in [2.75, 3.05) is 19.4 Å². The monoisotopic (exact) mass is 353 g/mol. The molecule has 8 heteroatoms. The van der Waals surface area contributed by atoms with Gasteiger partial charge in [0.15, 0.2) is 5.13 Å². The Morgan fingerprint density at radius 2 is 1.87 bits per heavy atom. The van der Waals surface area contributed by atoms with Crippen molar-refractivity contribution in [3.05, 3.63) is 39.9 Å². The van der Waals surface area contributed by atoms with Gasteiger partial charge in [-0.25, -0.2) is 17.7 Å². The maximum Gasteiger partial charge on any atom is 0.257 e. The molecule has 1 heterocycles. The molecule has 0 fully saturated rings. The Morgan fingerprint density at radius 3 is 2.39 bits per heavy atom. The van der Waals surface area contributed by atoms with E-state index in [9.17, 15) is 13.2 Å². The SMILES string of the molecule is Cc1csc(NC(=O)c2cc(C)c(C)c(S(=O)(=O)N(C)C)c2)n1. The second-order valence-electron chi connectivity index (χ2n) is 5.45. The first-order valence-corrected chi connectivity index (χ1v) is 9.22. The molecule has 0 spiro atoms. The number of carbonyl (C=O) groups is 1. The van der Waals surface area contributed by atoms with E-state index >= 15 is 0 Å². The second-order valence-corrected chi connectivity index (χ2v) is 8.43. The van der Waals surface area contributed by atoms with Gasteiger partial charge in [0.1, 0.15) is 0 Å². The molecule has 0 aliphatic heterocycles. The molecule has 23 heavy (non-hydrogen) atoms. The molecule has 1 aromatic heterocycles. The molecule has 124 valence electrons. The van der Waals surface area contributed by atoms with Crippen LogP contribution in [0.4, 0.5) is 5.13 Å². The van der Waals surface area contributed by atoms with Crippen molar-refractivity contribution < 1.29 is 13.2 Å². The summed E-state index contributed by atoms with van der Waals surface area (Å²) in [7, 11) is -0.680. The van der Waals surface area contributed by atoms with Crippen LogP contribution in [0.3, 0.4) is 0 Å². The van der Waals surface area contributed by atoms with Gasteiger partial charge in [0.25, 0.3) is 5.91 Å². The van der Waals surface area contributed by atoms with Crippen molar-refractivity contribution >= 4 is 32.4 Å². The standard InChI is InChI=1S/C15H19N3O3S2/c1-9-6-12(14(19)17-15-16-10(2)8-22-15)7-13(11(9)3)23(20,21)18(4)5/h6-8H,1-5H3,(H,16,17,19). The number of nitrogens with one attached hydrogen (secondary N) is 1. The van der Waals surface area contributed by atoms with E-state index in [2.05, 4.69) is 10.3 Å². The van der Waals surface area contributed by atoms with Gasteiger partial charge in [-0.1, -0.05) is 0 Å². The molecule has 2 aromatic rings. The summed E-state index contributed by atoms with van der Waals surface area (Å²) in [6, 6.07) is 3.09. The zero-order chi connectivity index (χ0) is 17.4. The van der Waals surface area contributed by atoms with Gasteiger partial charge in [-0.2, -0.15) is 0 Å². The van der Waals surface area contributed by atoms with Crippen LogP contribution in [0.2, 0.25) is 0 Å². The summed E-state index contributed by atoms with van der Waals surface area (Å²) in [5.74, 6) is -0.377. The lowest BCUT2D eigenvalue weighted by atomic mass is 10.1. The summed E-state index contributed by atoms with van der Waals surface area (Å²) in [6.45, 7) is 5.36. The minimum absolute atomic E-state index is 0.142. The molecule has 6 nitrogen and oxygen atoms in total. The third-order valence-electron chi connectivity index (χ3n) is 3.48. The van der Waals surface area contributed by atoms with Gasteiger partial charge in [-0.3, -0.25) is 10.1 Å². The van der Waals surface area contributed by atoms with E-state index in [-0.39, 0.29) is 10.8 Å². The van der Waals surface area contributed by atoms with Crippen LogP contribution in [0.15, 0.2) is 22.4 Å². The maximum atomic E-state index is 12.4. The van der Waals surface area contributed by atoms with Gasteiger partial charge >= 0.3 is 0 Å². The van der Waals surface area contributed by atoms with E-state index in [4.69, 9.17) is 0 Å². The summed E-state index contributed by atoms with van der Waals surface area (Å²) in [5, 5.41) is 5.01. The molecule has 1 amide bonds. The van der Waals surface area contributed by atoms with E-state index in [1.54, 1.807) is 19.9 Å². The number of anilines is 1. The average Bonchev–Trinajstić information content (AvgIpc) is 2.86. The van der Waals surface area contributed by atoms with Crippen LogP contribution < -0.4 is 5.32 Å². The fourth-order valence-corrected chi connectivity index (χ4v) is 3.90. The first kappa shape index (κ1) is 17.6. The highest BCUT2D eigenvalue weighted by molar-refractivity contribution is 7.89. The van der Waals surface area contributed by atoms with Crippen LogP contribution in [-0.4, -0.2) is 37.7 Å². The summed E-state index contributed by atoms with van der Waals surface area (Å²) in [6.07, 6.45) is 0. The third kappa shape index (κ3) is 3.60. The number of sulfonamides is 1. The largest absolute Gasteiger partial charge is 0.298 e. The number of amides is 1. The zero-order valence-electron chi connectivity index (χ0n) is 13.7. The first-order chi connectivity index (χ1) is 10.6. The number of hydrogen-bond donors (Lipinski definition) is 1. The van der Waals surface area contributed by atoms with Crippen molar-refractivity contribution in [1.29, 1.82) is 0 Å². The zero-order valence-corrected chi connectivity index (χ0v) is 15.3. The molecule has 0 radical (unpaired) electrons. The van der Waals surface area contributed by atoms with Crippen LogP contribution in [-0.2, 0) is 10.0 Å². The Morgan fingerprint density at radius 1 is 1.22 bits per heavy atom. The van der Waals surface area contributed by atoms with Gasteiger partial charge < -0.3 is 0 Å². The number of carbonyl (C=O) groups excluding carboxylic acids is 1. The van der Waals surface area contributed by atoms with E-state index in [0.717, 1.165) is 15.6 Å². The van der Waals surface area contributed by atoms with E-state index in [1.807, 2.05) is 12.3 Å². The maximum absolute atomic E-state index is 12.4. The Hall–Kier alpha value is -1.77. The Balaban J connectivity index is 2.44. The van der Waals surface area contributed by atoms with Crippen molar-refractivity contribution in [3.8, 4) is 0 Å². The predicted octanol–water partition coefficient (Wildman–Crippen LogP) is 2.57. The molecule has 1 aromatic carbocycles. The summed E-state index contributed by atoms with van der Waals surface area (Å²) in [5.41, 5.74) is 2.50. The van der Waals surface area contributed by atoms with Crippen LogP contribution in [0.5, 0.6) is 0 Å². The molecular weight excluding hydrogens is 334 g/mol. The molecule has 0 unspecified atom stereocenters. The topological polar surface area (TPSA) is 79.4 Å². The lowest BCUT2D eigenvalue weighted by molar-refractivity contribution is 0.102. The molecule has 0 aliphatic rings. The molecule has 2 rings (SSSR count). The van der Waals surface area contributed by atoms with E-state index < -0.39 is 10.0 Å². The fraction of sp³-hybridized carbons (Fsp3) is 0.333. The van der Waals surface area contributed by atoms with Crippen LogP contribution in [0.25, 0.3) is 0 Å². The average molecular weight is 353 g/mol. The molecule has 0 saturated carbocycles. The molecule has 0 bridgehead atoms. The van der Waals surface area contributed by atoms with Crippen molar-refractivity contribution in [2.45, 2.75) is 25.7 Å². The van der Waals surface area contributed by atoms with Crippen molar-refractivity contribution in [1.82, 2.24) is 9.29 Å². The Kier molecular flexibility index (Phi) is 4.88. The number of rotatable bonds is 4. The van der Waals surface area contributed by atoms with E-state index in [1.165, 1.54) is 31.5 Å². The Bertz CT molecular complexity index is 855. The van der Waals surface area contributed by atoms with Crippen molar-refractivity contribution in [3.63, 3.8) is 0 Å². The highest BCUT2D eigenvalue weighted by Crippen LogP contribution is 2.24. The highest BCUT2D eigenvalue weighted by Gasteiger charge is 2.23. The molecule has 0 atom stereocenters. The normalized spacial score (nSPS) is 11.7. The Labute approximate surface area is 140 Å². The first-order valence-electron chi connectivity index (χ1n) is 6.90. The predicted molar refractivity (Wildman–Crippen MR) is 91.6 cm³/mol. The third-order valence-corrected chi connectivity index (χ3v) is 6.30. The van der Waals surface area contributed by atoms with Crippen molar-refractivity contribution in [2.24, 2.45) is 0 Å². The second kappa shape index (κ2) is 6.38. The number of aryl methyl sites for hydroxylation is 2. The number of hydrogen-bond acceptors (Lipinski definition) is 5. The number of aromatic nitrogens is 1. The highest BCUT2D eigenvalue weighted by atomic mass is 32.2. The fourth-order valence-electron chi connectivity index (χ4n) is 2.00. The van der Waals surface area contributed by atoms with Crippen LogP contribution >= 0.6 is 11.3 Å². The van der Waals surface area contributed by atoms with Gasteiger partial charge in [0.05, 0.1) is 10.6 Å². The summed E-state index contributed by atoms with van der Waals surface area (Å²) >= 11 is 1.32. The van der Waals surface area contributed by atoms with Gasteiger partial charge in [0, 0.05) is 25.0 Å². The van der Waals surface area contributed by atoms with Crippen LogP contribution in [0.1, 0.15) is 27.2 Å². The van der Waals surface area contributed by atoms with E-state index in [0.29, 0.717) is 16.3 Å². The smallest absolute Gasteiger partial charge is 0.257 e. The molecular formula is C15H19N3O3S2. The summed E-state index contributed by atoms with van der Waals surface area (Å²) < 4.78 is 26.0. The minimum atomic E-state index is -3.61. The number of benzene rings is 1. The number of thiazole rings is 1. The molecule has 1 N–H and O–H groups in total. The minimum Gasteiger partial charge on any atom is -0.298 e. The number of nitrogens with zero attached hydrogens (tertiary/aromatic N) is 2. The summed E-state index contributed by atoms with van der Waals surface area (Å²) in [4.78, 5) is 16.7. The van der Waals surface area contributed by atoms with Gasteiger partial charge in [-0.05, 0) is 44.0 Å². The van der Waals surface area contributed by atoms with Gasteiger partial charge in [0.2, 0.25) is 10.0 Å². The molecule has 0 aliphatic carbocycles. The lowest BCUT2D eigenvalue weighted by Gasteiger charge is -2.16. The van der Waals surface area contributed by atoms with Gasteiger partial charge in [-0.15, -0.1) is 11.3 Å². The quantitative estimate of drug-likeness (QED) is 0.916. The van der Waals surface area contributed by atoms with Crippen LogP contribution in [0, 0.1) is 20.8 Å². The lowest BCUT2D eigenvalue weighted by Crippen LogP contribution is -2.24.